The van der Waals surface area contributed by atoms with E-state index in [1.165, 1.54) is 54.0 Å². The minimum atomic E-state index is 0.250. The highest BCUT2D eigenvalue weighted by molar-refractivity contribution is 5.78. The number of Topliss-reactive ketones (excluding diaryl/α,β-unsaturated/α-hetero) is 1. The smallest absolute Gasteiger partial charge is 0.129 e. The van der Waals surface area contributed by atoms with E-state index in [1.807, 2.05) is 25.1 Å². The number of carbonyl (C=O) groups excluding carboxylic acids is 2. The number of aryl methyl sites for hydroxylation is 1. The minimum Gasteiger partial charge on any atom is -0.397 e. The van der Waals surface area contributed by atoms with Gasteiger partial charge in [0.05, 0.1) is 0 Å². The summed E-state index contributed by atoms with van der Waals surface area (Å²) in [5, 5.41) is 7.57. The van der Waals surface area contributed by atoms with Gasteiger partial charge in [-0.25, -0.2) is 0 Å². The third-order valence-electron chi connectivity index (χ3n) is 6.40. The lowest BCUT2D eigenvalue weighted by Crippen LogP contribution is -2.23. The van der Waals surface area contributed by atoms with Crippen molar-refractivity contribution in [3.63, 3.8) is 0 Å². The third-order valence-corrected chi connectivity index (χ3v) is 6.40. The Labute approximate surface area is 251 Å². The monoisotopic (exact) mass is 563 g/mol. The fourth-order valence-corrected chi connectivity index (χ4v) is 3.91. The van der Waals surface area contributed by atoms with Gasteiger partial charge < -0.3 is 19.6 Å². The first kappa shape index (κ1) is 40.1. The van der Waals surface area contributed by atoms with Crippen molar-refractivity contribution in [3.05, 3.63) is 95.6 Å². The first-order chi connectivity index (χ1) is 19.6. The molecule has 0 bridgehead atoms. The van der Waals surface area contributed by atoms with Gasteiger partial charge in [0.25, 0.3) is 0 Å². The molecule has 1 N–H and O–H groups in total. The molecule has 1 aliphatic rings. The van der Waals surface area contributed by atoms with Crippen LogP contribution in [-0.2, 0) is 9.59 Å². The number of rotatable bonds is 5. The molecule has 3 aromatic carbocycles. The molecule has 4 nitrogen and oxygen atoms in total. The number of hydrogen-bond donors (Lipinski definition) is 1. The van der Waals surface area contributed by atoms with Crippen molar-refractivity contribution in [1.29, 1.82) is 0 Å². The maximum absolute atomic E-state index is 9.81. The lowest BCUT2D eigenvalue weighted by molar-refractivity contribution is -0.116. The third kappa shape index (κ3) is 18.1. The van der Waals surface area contributed by atoms with Crippen molar-refractivity contribution < 1.29 is 14.7 Å². The zero-order valence-electron chi connectivity index (χ0n) is 27.5. The van der Waals surface area contributed by atoms with Crippen LogP contribution in [0.1, 0.15) is 96.8 Å². The summed E-state index contributed by atoms with van der Waals surface area (Å²) in [5.41, 5.74) is 7.18. The number of aldehydes is 1. The molecule has 0 heterocycles. The van der Waals surface area contributed by atoms with Gasteiger partial charge in [-0.05, 0) is 83.8 Å². The van der Waals surface area contributed by atoms with E-state index in [0.29, 0.717) is 12.3 Å². The average molecular weight is 564 g/mol. The van der Waals surface area contributed by atoms with Gasteiger partial charge in [0, 0.05) is 25.0 Å². The Morgan fingerprint density at radius 1 is 0.854 bits per heavy atom. The van der Waals surface area contributed by atoms with E-state index in [-0.39, 0.29) is 12.4 Å². The molecule has 1 atom stereocenters. The maximum Gasteiger partial charge on any atom is 0.129 e. The van der Waals surface area contributed by atoms with Crippen LogP contribution < -0.4 is 0 Å². The Bertz CT molecular complexity index is 1000. The lowest BCUT2D eigenvalue weighted by Gasteiger charge is -2.17. The van der Waals surface area contributed by atoms with Crippen LogP contribution in [0.4, 0.5) is 0 Å². The molecule has 0 radical (unpaired) electrons. The van der Waals surface area contributed by atoms with E-state index >= 15 is 0 Å². The second-order valence-corrected chi connectivity index (χ2v) is 10.00. The van der Waals surface area contributed by atoms with Crippen LogP contribution >= 0.6 is 0 Å². The molecule has 0 amide bonds. The lowest BCUT2D eigenvalue weighted by atomic mass is 9.95. The molecular weight excluding hydrogens is 506 g/mol. The number of nitrogens with zero attached hydrogens (tertiary/aromatic N) is 1. The van der Waals surface area contributed by atoms with E-state index in [1.54, 1.807) is 13.8 Å². The fourth-order valence-electron chi connectivity index (χ4n) is 3.91. The van der Waals surface area contributed by atoms with Crippen molar-refractivity contribution in [2.24, 2.45) is 0 Å². The molecule has 4 heteroatoms. The molecule has 0 fully saturated rings. The number of aliphatic hydroxyl groups is 1. The summed E-state index contributed by atoms with van der Waals surface area (Å²) in [6.07, 6.45) is 5.21. The summed E-state index contributed by atoms with van der Waals surface area (Å²) >= 11 is 0. The molecule has 0 unspecified atom stereocenters. The van der Waals surface area contributed by atoms with Crippen LogP contribution in [0, 0.1) is 6.92 Å². The van der Waals surface area contributed by atoms with Gasteiger partial charge >= 0.3 is 0 Å². The molecule has 0 saturated heterocycles. The van der Waals surface area contributed by atoms with Gasteiger partial charge in [-0.2, -0.15) is 0 Å². The first-order valence-electron chi connectivity index (χ1n) is 15.0. The van der Waals surface area contributed by atoms with E-state index in [4.69, 9.17) is 9.90 Å². The summed E-state index contributed by atoms with van der Waals surface area (Å²) in [5.74, 6) is 0.863. The quantitative estimate of drug-likeness (QED) is 0.315. The predicted molar refractivity (Wildman–Crippen MR) is 179 cm³/mol. The van der Waals surface area contributed by atoms with Crippen LogP contribution in [-0.4, -0.2) is 48.8 Å². The number of carbonyl (C=O) groups is 2. The zero-order valence-corrected chi connectivity index (χ0v) is 27.5. The topological polar surface area (TPSA) is 57.6 Å². The average Bonchev–Trinajstić information content (AvgIpc) is 3.29. The van der Waals surface area contributed by atoms with Crippen molar-refractivity contribution in [1.82, 2.24) is 4.90 Å². The maximum atomic E-state index is 9.81. The highest BCUT2D eigenvalue weighted by Gasteiger charge is 2.25. The Morgan fingerprint density at radius 3 is 1.46 bits per heavy atom. The zero-order chi connectivity index (χ0) is 31.6. The number of aliphatic hydroxyl groups excluding tert-OH is 1. The highest BCUT2D eigenvalue weighted by atomic mass is 16.2. The van der Waals surface area contributed by atoms with Crippen molar-refractivity contribution in [3.8, 4) is 11.1 Å². The predicted octanol–water partition coefficient (Wildman–Crippen LogP) is 9.13. The normalized spacial score (nSPS) is 11.0. The Hall–Kier alpha value is -3.08. The molecule has 0 aromatic heterocycles. The molecular formula is C37H57NO3. The molecule has 41 heavy (non-hydrogen) atoms. The van der Waals surface area contributed by atoms with Crippen molar-refractivity contribution in [2.75, 3.05) is 20.7 Å². The number of benzene rings is 3. The van der Waals surface area contributed by atoms with Gasteiger partial charge in [0.1, 0.15) is 12.1 Å². The summed E-state index contributed by atoms with van der Waals surface area (Å²) in [6.45, 7) is 15.6. The van der Waals surface area contributed by atoms with Crippen LogP contribution in [0.3, 0.4) is 0 Å². The van der Waals surface area contributed by atoms with E-state index in [0.717, 1.165) is 12.3 Å². The molecule has 0 saturated carbocycles. The largest absolute Gasteiger partial charge is 0.397 e. The van der Waals surface area contributed by atoms with Crippen LogP contribution in [0.2, 0.25) is 0 Å². The van der Waals surface area contributed by atoms with Gasteiger partial charge in [0.15, 0.2) is 0 Å². The fraction of sp³-hybridized carbons (Fsp3) is 0.459. The summed E-state index contributed by atoms with van der Waals surface area (Å²) in [7, 11) is 4.25. The highest BCUT2D eigenvalue weighted by Crippen LogP contribution is 2.45. The van der Waals surface area contributed by atoms with Crippen molar-refractivity contribution in [2.45, 2.75) is 93.0 Å². The summed E-state index contributed by atoms with van der Waals surface area (Å²) in [4.78, 5) is 20.9. The standard InChI is InChI=1S/C15H14.C7H17N.C7H8.C4H8O.C2H6O.C2H4O/c1-2-11-12-7-3-5-9-14(12)15-10-6-4-8-13(11)15;1-5-6-7(2)8(3)4;1-7-5-3-2-4-6-7;1-3-4(2)5;2*1-2-3/h3-11H,2H2,1H3;7H,5-6H2,1-4H3;2-6H,1H3;3H2,1-2H3;3H,2H2,1H3;2H,1H3/t;7-;;;;/m.0..../s1. The van der Waals surface area contributed by atoms with Gasteiger partial charge in [-0.15, -0.1) is 0 Å². The van der Waals surface area contributed by atoms with E-state index in [2.05, 4.69) is 107 Å². The van der Waals surface area contributed by atoms with Crippen LogP contribution in [0.5, 0.6) is 0 Å². The number of fused-ring (bicyclic) bond motifs is 3. The van der Waals surface area contributed by atoms with Crippen molar-refractivity contribution >= 4 is 12.1 Å². The molecule has 0 aliphatic heterocycles. The Kier molecular flexibility index (Phi) is 25.3. The minimum absolute atomic E-state index is 0.250. The number of ketones is 1. The summed E-state index contributed by atoms with van der Waals surface area (Å²) in [6, 6.07) is 28.6. The second kappa shape index (κ2) is 25.9. The molecule has 1 aliphatic carbocycles. The second-order valence-electron chi connectivity index (χ2n) is 10.00. The molecule has 0 spiro atoms. The van der Waals surface area contributed by atoms with Gasteiger partial charge in [-0.1, -0.05) is 112 Å². The first-order valence-corrected chi connectivity index (χ1v) is 15.0. The molecule has 3 aromatic rings. The van der Waals surface area contributed by atoms with Gasteiger partial charge in [0.2, 0.25) is 0 Å². The van der Waals surface area contributed by atoms with Gasteiger partial charge in [-0.3, -0.25) is 0 Å². The molecule has 228 valence electrons. The van der Waals surface area contributed by atoms with Crippen LogP contribution in [0.15, 0.2) is 78.9 Å². The van der Waals surface area contributed by atoms with E-state index < -0.39 is 0 Å². The SMILES string of the molecule is CC=O.CCC(C)=O.CCC1c2ccccc2-c2ccccc21.CCC[C@H](C)N(C)C.CCO.Cc1ccccc1. The Morgan fingerprint density at radius 2 is 1.22 bits per heavy atom. The summed E-state index contributed by atoms with van der Waals surface area (Å²) < 4.78 is 0. The van der Waals surface area contributed by atoms with Crippen LogP contribution in [0.25, 0.3) is 11.1 Å². The molecule has 4 rings (SSSR count). The Balaban J connectivity index is 0. The van der Waals surface area contributed by atoms with E-state index in [9.17, 15) is 4.79 Å². The number of hydrogen-bond acceptors (Lipinski definition) is 4.